The minimum absolute atomic E-state index is 0.320. The fourth-order valence-electron chi connectivity index (χ4n) is 7.51. The van der Waals surface area contributed by atoms with Crippen molar-refractivity contribution < 1.29 is 13.7 Å². The molecule has 10 rings (SSSR count). The lowest BCUT2D eigenvalue weighted by Gasteiger charge is -2.39. The monoisotopic (exact) mass is 742 g/mol. The Hall–Kier alpha value is -3.94. The number of benzene rings is 4. The van der Waals surface area contributed by atoms with Crippen molar-refractivity contribution in [1.29, 1.82) is 0 Å². The highest BCUT2D eigenvalue weighted by Crippen LogP contribution is 2.60. The molecule has 4 aliphatic heterocycles. The Kier molecular flexibility index (Phi) is 7.03. The summed E-state index contributed by atoms with van der Waals surface area (Å²) in [7, 11) is 0. The molecule has 0 fully saturated rings. The molecular formula is C40H30N4O3S4. The molecule has 2 aromatic heterocycles. The maximum Gasteiger partial charge on any atom is 0.201 e. The third-order valence-electron chi connectivity index (χ3n) is 10.3. The molecule has 6 aromatic rings. The van der Waals surface area contributed by atoms with E-state index in [1.54, 1.807) is 24.0 Å². The van der Waals surface area contributed by atoms with Crippen LogP contribution < -0.4 is 9.80 Å². The summed E-state index contributed by atoms with van der Waals surface area (Å²) in [5, 5.41) is 0. The smallest absolute Gasteiger partial charge is 0.201 e. The Bertz CT molecular complexity index is 2460. The topological polar surface area (TPSA) is 101 Å². The van der Waals surface area contributed by atoms with Crippen LogP contribution in [0.5, 0.6) is 0 Å². The van der Waals surface area contributed by atoms with E-state index in [0.29, 0.717) is 37.0 Å². The molecule has 4 aliphatic rings. The Morgan fingerprint density at radius 2 is 1.22 bits per heavy atom. The molecule has 11 heteroatoms. The van der Waals surface area contributed by atoms with E-state index in [-0.39, 0.29) is 0 Å². The van der Waals surface area contributed by atoms with Gasteiger partial charge in [0, 0.05) is 62.3 Å². The predicted molar refractivity (Wildman–Crippen MR) is 202 cm³/mol. The van der Waals surface area contributed by atoms with Gasteiger partial charge in [-0.05, 0) is 89.3 Å². The van der Waals surface area contributed by atoms with Crippen LogP contribution in [0.2, 0.25) is 0 Å². The molecule has 0 saturated heterocycles. The summed E-state index contributed by atoms with van der Waals surface area (Å²) in [6, 6.07) is 29.9. The van der Waals surface area contributed by atoms with Crippen molar-refractivity contribution in [2.24, 2.45) is 0 Å². The van der Waals surface area contributed by atoms with Crippen molar-refractivity contribution in [2.45, 2.75) is 78.2 Å². The number of nitrogens with zero attached hydrogens (tertiary/aromatic N) is 4. The van der Waals surface area contributed by atoms with E-state index in [0.717, 1.165) is 53.6 Å². The summed E-state index contributed by atoms with van der Waals surface area (Å²) in [5.41, 5.74) is 5.92. The van der Waals surface area contributed by atoms with Gasteiger partial charge in [-0.25, -0.2) is 9.97 Å². The van der Waals surface area contributed by atoms with Crippen LogP contribution in [0.15, 0.2) is 143 Å². The fraction of sp³-hybridized carbons (Fsp3) is 0.150. The highest BCUT2D eigenvalue weighted by molar-refractivity contribution is 8.00. The molecule has 0 amide bonds. The van der Waals surface area contributed by atoms with Gasteiger partial charge in [0.2, 0.25) is 4.90 Å². The van der Waals surface area contributed by atoms with Gasteiger partial charge in [-0.15, -0.1) is 0 Å². The Morgan fingerprint density at radius 1 is 0.588 bits per heavy atom. The number of anilines is 6. The largest absolute Gasteiger partial charge is 0.606 e. The number of pyridine rings is 2. The summed E-state index contributed by atoms with van der Waals surface area (Å²) in [5.74, 6) is 1.75. The molecule has 0 saturated carbocycles. The van der Waals surface area contributed by atoms with Crippen LogP contribution in [0.3, 0.4) is 0 Å². The standard InChI is InChI=1S/C40H30N4O3S4/c1-22(2)23-12-14-30-26(18-23)43-36-29(48-28-8-6-16-41-38(28)43)20-25(21-35(36)50(30)46)40(3,4)24-13-15-31-27(19-24)44-37-32(49(31)45)9-5-10-33(37)51(47)34-11-7-17-42-39(34)44/h5-22H,1-4H3. The SMILES string of the molecule is CC(C)c1ccc2c(c1)N1c3ncccc3Sc3cc(C(C)(C)c4ccc5c(c4)N4c6ncccc6[S+]([O-])c6cccc(c64)[S+]5[O-])cc(c31)[S+]2[O-]. The molecule has 4 aromatic carbocycles. The quantitative estimate of drug-likeness (QED) is 0.165. The summed E-state index contributed by atoms with van der Waals surface area (Å²) in [6.45, 7) is 8.69. The molecular weight excluding hydrogens is 713 g/mol. The van der Waals surface area contributed by atoms with E-state index in [4.69, 9.17) is 9.97 Å². The van der Waals surface area contributed by atoms with Crippen LogP contribution in [0.1, 0.15) is 50.3 Å². The van der Waals surface area contributed by atoms with Crippen molar-refractivity contribution in [3.05, 3.63) is 120 Å². The summed E-state index contributed by atoms with van der Waals surface area (Å²) >= 11 is -2.69. The van der Waals surface area contributed by atoms with E-state index >= 15 is 0 Å². The summed E-state index contributed by atoms with van der Waals surface area (Å²) < 4.78 is 42.4. The second kappa shape index (κ2) is 11.3. The Labute approximate surface area is 309 Å². The van der Waals surface area contributed by atoms with Crippen LogP contribution in [-0.2, 0) is 38.9 Å². The van der Waals surface area contributed by atoms with E-state index in [2.05, 4.69) is 75.1 Å². The van der Waals surface area contributed by atoms with E-state index in [9.17, 15) is 13.7 Å². The normalized spacial score (nSPS) is 19.1. The number of hydrogen-bond acceptors (Lipinski definition) is 8. The van der Waals surface area contributed by atoms with Gasteiger partial charge in [0.15, 0.2) is 41.8 Å². The third-order valence-corrected chi connectivity index (χ3v) is 15.8. The zero-order valence-electron chi connectivity index (χ0n) is 28.0. The first kappa shape index (κ1) is 31.8. The van der Waals surface area contributed by atoms with Crippen LogP contribution in [0, 0.1) is 0 Å². The molecule has 6 heterocycles. The van der Waals surface area contributed by atoms with Gasteiger partial charge in [0.1, 0.15) is 17.1 Å². The van der Waals surface area contributed by atoms with E-state index < -0.39 is 38.9 Å². The molecule has 252 valence electrons. The van der Waals surface area contributed by atoms with Crippen LogP contribution in [0.25, 0.3) is 0 Å². The van der Waals surface area contributed by atoms with Crippen molar-refractivity contribution in [2.75, 3.05) is 9.80 Å². The predicted octanol–water partition coefficient (Wildman–Crippen LogP) is 9.77. The fourth-order valence-corrected chi connectivity index (χ4v) is 12.8. The first-order valence-electron chi connectivity index (χ1n) is 16.7. The minimum Gasteiger partial charge on any atom is -0.606 e. The van der Waals surface area contributed by atoms with Crippen molar-refractivity contribution in [3.63, 3.8) is 0 Å². The lowest BCUT2D eigenvalue weighted by molar-refractivity contribution is 0.586. The van der Waals surface area contributed by atoms with Gasteiger partial charge in [-0.2, -0.15) is 0 Å². The number of para-hydroxylation sites is 1. The highest BCUT2D eigenvalue weighted by Gasteiger charge is 2.47. The molecule has 0 aliphatic carbocycles. The summed E-state index contributed by atoms with van der Waals surface area (Å²) in [4.78, 5) is 19.9. The lowest BCUT2D eigenvalue weighted by atomic mass is 9.78. The maximum atomic E-state index is 14.5. The molecule has 0 bridgehead atoms. The number of fused-ring (bicyclic) bond motifs is 8. The van der Waals surface area contributed by atoms with Crippen LogP contribution in [0.4, 0.5) is 34.4 Å². The van der Waals surface area contributed by atoms with Crippen molar-refractivity contribution >= 4 is 79.7 Å². The first-order chi connectivity index (χ1) is 24.6. The average Bonchev–Trinajstić information content (AvgIpc) is 3.15. The van der Waals surface area contributed by atoms with Gasteiger partial charge in [-0.1, -0.05) is 57.7 Å². The highest BCUT2D eigenvalue weighted by atomic mass is 32.2. The lowest BCUT2D eigenvalue weighted by Crippen LogP contribution is -2.30. The zero-order chi connectivity index (χ0) is 34.9. The molecule has 3 atom stereocenters. The first-order valence-corrected chi connectivity index (χ1v) is 20.9. The minimum atomic E-state index is -1.47. The average molecular weight is 743 g/mol. The van der Waals surface area contributed by atoms with E-state index in [1.807, 2.05) is 53.6 Å². The Balaban J connectivity index is 1.14. The van der Waals surface area contributed by atoms with Gasteiger partial charge in [0.25, 0.3) is 0 Å². The summed E-state index contributed by atoms with van der Waals surface area (Å²) in [6.07, 6.45) is 3.52. The zero-order valence-corrected chi connectivity index (χ0v) is 31.3. The van der Waals surface area contributed by atoms with E-state index in [1.165, 1.54) is 5.56 Å². The van der Waals surface area contributed by atoms with Crippen LogP contribution >= 0.6 is 11.8 Å². The second-order valence-electron chi connectivity index (χ2n) is 13.8. The maximum absolute atomic E-state index is 14.5. The van der Waals surface area contributed by atoms with Crippen LogP contribution in [-0.4, -0.2) is 23.6 Å². The molecule has 0 spiro atoms. The van der Waals surface area contributed by atoms with Gasteiger partial charge < -0.3 is 13.7 Å². The molecule has 7 nitrogen and oxygen atoms in total. The second-order valence-corrected chi connectivity index (χ2v) is 19.2. The third kappa shape index (κ3) is 4.43. The molecule has 0 N–H and O–H groups in total. The number of aromatic nitrogens is 2. The molecule has 3 unspecified atom stereocenters. The van der Waals surface area contributed by atoms with Gasteiger partial charge in [-0.3, -0.25) is 9.80 Å². The van der Waals surface area contributed by atoms with Gasteiger partial charge in [0.05, 0.1) is 4.90 Å². The Morgan fingerprint density at radius 3 is 1.98 bits per heavy atom. The van der Waals surface area contributed by atoms with Crippen molar-refractivity contribution in [3.8, 4) is 0 Å². The molecule has 51 heavy (non-hydrogen) atoms. The van der Waals surface area contributed by atoms with Crippen molar-refractivity contribution in [1.82, 2.24) is 9.97 Å². The number of hydrogen-bond donors (Lipinski definition) is 0. The number of rotatable bonds is 3. The molecule has 0 radical (unpaired) electrons. The van der Waals surface area contributed by atoms with Gasteiger partial charge >= 0.3 is 0 Å².